The first-order chi connectivity index (χ1) is 9.79. The molecule has 2 rings (SSSR count). The molecule has 1 aromatic rings. The molecule has 7 nitrogen and oxygen atoms in total. The number of primary amides is 1. The zero-order valence-corrected chi connectivity index (χ0v) is 12.0. The van der Waals surface area contributed by atoms with Gasteiger partial charge in [0.2, 0.25) is 15.9 Å². The van der Waals surface area contributed by atoms with Gasteiger partial charge in [-0.25, -0.2) is 17.5 Å². The van der Waals surface area contributed by atoms with E-state index in [1.54, 1.807) is 0 Å². The maximum absolute atomic E-state index is 12.2. The van der Waals surface area contributed by atoms with Crippen LogP contribution in [0, 0.1) is 5.92 Å². The second kappa shape index (κ2) is 5.82. The Bertz CT molecular complexity index is 654. The lowest BCUT2D eigenvalue weighted by molar-refractivity contribution is -0.121. The zero-order chi connectivity index (χ0) is 15.6. The second-order valence-electron chi connectivity index (χ2n) is 5.00. The number of carboxylic acids is 1. The first-order valence-corrected chi connectivity index (χ1v) is 8.00. The number of nitrogens with zero attached hydrogens (tertiary/aromatic N) is 1. The first-order valence-electron chi connectivity index (χ1n) is 6.39. The summed E-state index contributed by atoms with van der Waals surface area (Å²) in [5.74, 6) is -2.21. The number of carbonyl (C=O) groups is 2. The van der Waals surface area contributed by atoms with Crippen molar-refractivity contribution in [2.75, 3.05) is 13.1 Å². The van der Waals surface area contributed by atoms with E-state index < -0.39 is 27.8 Å². The van der Waals surface area contributed by atoms with Gasteiger partial charge in [0.25, 0.3) is 0 Å². The Morgan fingerprint density at radius 3 is 2.38 bits per heavy atom. The van der Waals surface area contributed by atoms with Crippen LogP contribution in [-0.4, -0.2) is 42.8 Å². The molecular weight excluding hydrogens is 296 g/mol. The molecule has 1 amide bonds. The number of amides is 1. The Morgan fingerprint density at radius 2 is 1.90 bits per heavy atom. The average molecular weight is 312 g/mol. The summed E-state index contributed by atoms with van der Waals surface area (Å²) >= 11 is 0. The molecule has 1 heterocycles. The van der Waals surface area contributed by atoms with Crippen molar-refractivity contribution in [1.82, 2.24) is 4.31 Å². The van der Waals surface area contributed by atoms with Crippen LogP contribution in [0.4, 0.5) is 0 Å². The van der Waals surface area contributed by atoms with Crippen molar-refractivity contribution in [3.63, 3.8) is 0 Å². The molecule has 1 unspecified atom stereocenters. The van der Waals surface area contributed by atoms with Gasteiger partial charge in [-0.3, -0.25) is 4.79 Å². The maximum atomic E-state index is 12.2. The van der Waals surface area contributed by atoms with Gasteiger partial charge in [0, 0.05) is 13.1 Å². The number of hydrogen-bond donors (Lipinski definition) is 2. The first kappa shape index (κ1) is 15.5. The van der Waals surface area contributed by atoms with Gasteiger partial charge >= 0.3 is 5.97 Å². The van der Waals surface area contributed by atoms with Gasteiger partial charge in [-0.2, -0.15) is 0 Å². The molecule has 1 atom stereocenters. The summed E-state index contributed by atoms with van der Waals surface area (Å²) in [6.07, 6.45) is 0.437. The van der Waals surface area contributed by atoms with Crippen LogP contribution in [0.15, 0.2) is 24.3 Å². The number of hydrogen-bond acceptors (Lipinski definition) is 4. The standard InChI is InChI=1S/C13H16N2O5S/c14-12(16)11-5-6-15(7-11)21(19,20)8-9-1-3-10(4-2-9)13(17)18/h1-4,11H,5-8H2,(H2,14,16)(H,17,18). The van der Waals surface area contributed by atoms with Crippen LogP contribution >= 0.6 is 0 Å². The average Bonchev–Trinajstić information content (AvgIpc) is 2.89. The number of carboxylic acid groups (broad SMARTS) is 1. The third-order valence-electron chi connectivity index (χ3n) is 3.50. The van der Waals surface area contributed by atoms with Crippen LogP contribution in [-0.2, 0) is 20.6 Å². The molecule has 1 aromatic carbocycles. The molecule has 1 fully saturated rings. The smallest absolute Gasteiger partial charge is 0.335 e. The summed E-state index contributed by atoms with van der Waals surface area (Å²) in [6, 6.07) is 5.68. The predicted molar refractivity (Wildman–Crippen MR) is 74.9 cm³/mol. The SMILES string of the molecule is NC(=O)C1CCN(S(=O)(=O)Cc2ccc(C(=O)O)cc2)C1. The second-order valence-corrected chi connectivity index (χ2v) is 6.97. The molecule has 0 spiro atoms. The van der Waals surface area contributed by atoms with Crippen LogP contribution in [0.25, 0.3) is 0 Å². The lowest BCUT2D eigenvalue weighted by Crippen LogP contribution is -2.32. The van der Waals surface area contributed by atoms with Gasteiger partial charge in [0.05, 0.1) is 17.2 Å². The summed E-state index contributed by atoms with van der Waals surface area (Å²) < 4.78 is 25.8. The fraction of sp³-hybridized carbons (Fsp3) is 0.385. The number of rotatable bonds is 5. The highest BCUT2D eigenvalue weighted by Crippen LogP contribution is 2.21. The normalized spacial score (nSPS) is 19.5. The summed E-state index contributed by atoms with van der Waals surface area (Å²) in [5, 5.41) is 8.79. The number of carbonyl (C=O) groups excluding carboxylic acids is 1. The third-order valence-corrected chi connectivity index (χ3v) is 5.31. The van der Waals surface area contributed by atoms with Gasteiger partial charge in [-0.05, 0) is 24.1 Å². The molecule has 114 valence electrons. The Balaban J connectivity index is 2.07. The van der Waals surface area contributed by atoms with Gasteiger partial charge in [-0.1, -0.05) is 12.1 Å². The van der Waals surface area contributed by atoms with Crippen molar-refractivity contribution in [2.45, 2.75) is 12.2 Å². The van der Waals surface area contributed by atoms with Crippen molar-refractivity contribution >= 4 is 21.9 Å². The highest BCUT2D eigenvalue weighted by atomic mass is 32.2. The Morgan fingerprint density at radius 1 is 1.29 bits per heavy atom. The lowest BCUT2D eigenvalue weighted by Gasteiger charge is -2.16. The third kappa shape index (κ3) is 3.59. The van der Waals surface area contributed by atoms with E-state index in [4.69, 9.17) is 10.8 Å². The number of aromatic carboxylic acids is 1. The van der Waals surface area contributed by atoms with Crippen molar-refractivity contribution < 1.29 is 23.1 Å². The highest BCUT2D eigenvalue weighted by molar-refractivity contribution is 7.88. The van der Waals surface area contributed by atoms with Gasteiger partial charge in [0.15, 0.2) is 0 Å². The number of sulfonamides is 1. The van der Waals surface area contributed by atoms with E-state index in [-0.39, 0.29) is 24.4 Å². The maximum Gasteiger partial charge on any atom is 0.335 e. The van der Waals surface area contributed by atoms with E-state index in [0.717, 1.165) is 0 Å². The molecule has 1 saturated heterocycles. The van der Waals surface area contributed by atoms with Crippen molar-refractivity contribution in [2.24, 2.45) is 11.7 Å². The van der Waals surface area contributed by atoms with Gasteiger partial charge in [0.1, 0.15) is 0 Å². The quantitative estimate of drug-likeness (QED) is 0.795. The Kier molecular flexibility index (Phi) is 4.29. The summed E-state index contributed by atoms with van der Waals surface area (Å²) in [7, 11) is -3.53. The summed E-state index contributed by atoms with van der Waals surface area (Å²) in [6.45, 7) is 0.397. The molecule has 0 radical (unpaired) electrons. The van der Waals surface area contributed by atoms with E-state index in [0.29, 0.717) is 12.0 Å². The molecular formula is C13H16N2O5S. The minimum atomic E-state index is -3.53. The summed E-state index contributed by atoms with van der Waals surface area (Å²) in [4.78, 5) is 21.8. The number of nitrogens with two attached hydrogens (primary N) is 1. The van der Waals surface area contributed by atoms with Crippen LogP contribution in [0.5, 0.6) is 0 Å². The van der Waals surface area contributed by atoms with E-state index in [1.165, 1.54) is 28.6 Å². The van der Waals surface area contributed by atoms with E-state index >= 15 is 0 Å². The molecule has 1 aliphatic rings. The molecule has 21 heavy (non-hydrogen) atoms. The van der Waals surface area contributed by atoms with Crippen LogP contribution in [0.2, 0.25) is 0 Å². The minimum Gasteiger partial charge on any atom is -0.478 e. The van der Waals surface area contributed by atoms with Crippen molar-refractivity contribution in [3.05, 3.63) is 35.4 Å². The van der Waals surface area contributed by atoms with Crippen molar-refractivity contribution in [1.29, 1.82) is 0 Å². The van der Waals surface area contributed by atoms with Crippen LogP contribution in [0.1, 0.15) is 22.3 Å². The monoisotopic (exact) mass is 312 g/mol. The number of benzene rings is 1. The zero-order valence-electron chi connectivity index (χ0n) is 11.2. The van der Waals surface area contributed by atoms with Crippen molar-refractivity contribution in [3.8, 4) is 0 Å². The minimum absolute atomic E-state index is 0.103. The molecule has 3 N–H and O–H groups in total. The fourth-order valence-corrected chi connectivity index (χ4v) is 3.85. The molecule has 0 aliphatic carbocycles. The predicted octanol–water partition coefficient (Wildman–Crippen LogP) is 0.0218. The van der Waals surface area contributed by atoms with Gasteiger partial charge in [-0.15, -0.1) is 0 Å². The van der Waals surface area contributed by atoms with Gasteiger partial charge < -0.3 is 10.8 Å². The van der Waals surface area contributed by atoms with E-state index in [2.05, 4.69) is 0 Å². The van der Waals surface area contributed by atoms with E-state index in [9.17, 15) is 18.0 Å². The highest BCUT2D eigenvalue weighted by Gasteiger charge is 2.33. The molecule has 1 aliphatic heterocycles. The molecule has 8 heteroatoms. The topological polar surface area (TPSA) is 118 Å². The summed E-state index contributed by atoms with van der Waals surface area (Å²) in [5.41, 5.74) is 5.79. The molecule has 0 bridgehead atoms. The fourth-order valence-electron chi connectivity index (χ4n) is 2.26. The largest absolute Gasteiger partial charge is 0.478 e. The molecule has 0 aromatic heterocycles. The Hall–Kier alpha value is -1.93. The Labute approximate surface area is 122 Å². The van der Waals surface area contributed by atoms with Crippen LogP contribution < -0.4 is 5.73 Å². The van der Waals surface area contributed by atoms with E-state index in [1.807, 2.05) is 0 Å². The molecule has 0 saturated carbocycles. The van der Waals surface area contributed by atoms with Crippen LogP contribution in [0.3, 0.4) is 0 Å². The lowest BCUT2D eigenvalue weighted by atomic mass is 10.1.